The van der Waals surface area contributed by atoms with Gasteiger partial charge in [-0.3, -0.25) is 19.3 Å². The van der Waals surface area contributed by atoms with Gasteiger partial charge in [0.25, 0.3) is 0 Å². The average Bonchev–Trinajstić information content (AvgIpc) is 3.61. The summed E-state index contributed by atoms with van der Waals surface area (Å²) in [5.41, 5.74) is -4.72. The van der Waals surface area contributed by atoms with Crippen molar-refractivity contribution in [3.8, 4) is 0 Å². The van der Waals surface area contributed by atoms with Crippen LogP contribution in [0.1, 0.15) is 63.2 Å². The molecule has 278 valence electrons. The largest absolute Gasteiger partial charge is 0.462 e. The van der Waals surface area contributed by atoms with E-state index in [2.05, 4.69) is 4.90 Å². The van der Waals surface area contributed by atoms with Gasteiger partial charge in [-0.1, -0.05) is 26.0 Å². The molecule has 14 atom stereocenters. The van der Waals surface area contributed by atoms with Crippen LogP contribution < -0.4 is 4.90 Å². The lowest BCUT2D eigenvalue weighted by Crippen LogP contribution is -2.82. The third kappa shape index (κ3) is 4.19. The van der Waals surface area contributed by atoms with Crippen molar-refractivity contribution in [1.29, 1.82) is 0 Å². The van der Waals surface area contributed by atoms with Crippen LogP contribution in [0.2, 0.25) is 0 Å². The molecule has 0 aromatic heterocycles. The van der Waals surface area contributed by atoms with E-state index in [1.54, 1.807) is 52.5 Å². The van der Waals surface area contributed by atoms with Gasteiger partial charge in [0, 0.05) is 82.1 Å². The molecule has 0 radical (unpaired) electrons. The number of para-hydroxylation sites is 1. The van der Waals surface area contributed by atoms with Gasteiger partial charge in [0.2, 0.25) is 11.8 Å². The fourth-order valence-corrected chi connectivity index (χ4v) is 13.2. The number of amides is 2. The topological polar surface area (TPSA) is 161 Å². The maximum atomic E-state index is 14.1. The number of carbonyl (C=O) groups excluding carboxylic acids is 4. The maximum Gasteiger partial charge on any atom is 0.340 e. The van der Waals surface area contributed by atoms with Crippen molar-refractivity contribution < 1.29 is 53.1 Å². The van der Waals surface area contributed by atoms with E-state index in [4.69, 9.17) is 23.7 Å². The minimum atomic E-state index is -1.82. The highest BCUT2D eigenvalue weighted by atomic mass is 16.6. The summed E-state index contributed by atoms with van der Waals surface area (Å²) < 4.78 is 31.1. The number of ether oxygens (including phenoxy) is 5. The van der Waals surface area contributed by atoms with Crippen LogP contribution in [0.4, 0.5) is 5.69 Å². The van der Waals surface area contributed by atoms with E-state index >= 15 is 0 Å². The van der Waals surface area contributed by atoms with Crippen molar-refractivity contribution in [2.45, 2.75) is 94.5 Å². The summed E-state index contributed by atoms with van der Waals surface area (Å²) in [5.74, 6) is -3.74. The minimum absolute atomic E-state index is 0.0201. The number of imide groups is 1. The van der Waals surface area contributed by atoms with Gasteiger partial charge in [0.05, 0.1) is 42.2 Å². The Morgan fingerprint density at radius 2 is 1.80 bits per heavy atom. The molecule has 7 bridgehead atoms. The lowest BCUT2D eigenvalue weighted by atomic mass is 9.42. The number of likely N-dealkylation sites (N-methyl/N-ethyl adjacent to an activating group) is 1. The van der Waals surface area contributed by atoms with E-state index in [-0.39, 0.29) is 60.5 Å². The van der Waals surface area contributed by atoms with Gasteiger partial charge in [0.1, 0.15) is 17.3 Å². The second-order valence-corrected chi connectivity index (χ2v) is 16.3. The first-order valence-electron chi connectivity index (χ1n) is 18.4. The molecule has 13 nitrogen and oxygen atoms in total. The minimum Gasteiger partial charge on any atom is -0.462 e. The standard InChI is InChI=1S/C38H50N2O11/c1-7-39-17-35(18-50-33(44)21-10-8-9-11-24(21)40-27(42)14-19(2)32(40)43)13-12-26(48-5)37-23-15-22-25(47-4)16-36(45,28(23)29(22)51-20(3)41)38(46,34(37)39)31(49-6)30(35)37/h8-11,19,22-23,25-26,28-31,34,45-46H,7,12-18H2,1-6H3/t19?,22-,23?,25+,26+,28?,29?,30?,31?,34?,35+,36-,37+,38+/m1/s1. The van der Waals surface area contributed by atoms with Crippen molar-refractivity contribution in [1.82, 2.24) is 4.90 Å². The van der Waals surface area contributed by atoms with Crippen LogP contribution in [0.3, 0.4) is 0 Å². The van der Waals surface area contributed by atoms with Crippen LogP contribution in [-0.2, 0) is 38.1 Å². The Hall–Kier alpha value is -2.94. The monoisotopic (exact) mass is 710 g/mol. The summed E-state index contributed by atoms with van der Waals surface area (Å²) in [6.07, 6.45) is -0.303. The maximum absolute atomic E-state index is 14.1. The summed E-state index contributed by atoms with van der Waals surface area (Å²) in [6.45, 7) is 6.10. The van der Waals surface area contributed by atoms with Crippen LogP contribution in [-0.4, -0.2) is 122 Å². The molecule has 8 rings (SSSR count). The van der Waals surface area contributed by atoms with E-state index in [1.807, 2.05) is 6.92 Å². The molecule has 1 aromatic carbocycles. The van der Waals surface area contributed by atoms with E-state index in [1.165, 1.54) is 6.92 Å². The Labute approximate surface area is 297 Å². The fraction of sp³-hybridized carbons (Fsp3) is 0.737. The number of hydrogen-bond donors (Lipinski definition) is 2. The van der Waals surface area contributed by atoms with Crippen LogP contribution in [0.5, 0.6) is 0 Å². The quantitative estimate of drug-likeness (QED) is 0.284. The third-order valence-electron chi connectivity index (χ3n) is 14.6. The normalized spacial score (nSPS) is 46.4. The van der Waals surface area contributed by atoms with Gasteiger partial charge < -0.3 is 33.9 Å². The Bertz CT molecular complexity index is 1650. The van der Waals surface area contributed by atoms with Gasteiger partial charge >= 0.3 is 11.9 Å². The highest BCUT2D eigenvalue weighted by Crippen LogP contribution is 2.80. The zero-order valence-electron chi connectivity index (χ0n) is 30.2. The second-order valence-electron chi connectivity index (χ2n) is 16.3. The number of aliphatic hydroxyl groups is 2. The number of esters is 2. The zero-order valence-corrected chi connectivity index (χ0v) is 30.2. The summed E-state index contributed by atoms with van der Waals surface area (Å²) in [7, 11) is 4.85. The molecule has 1 spiro atoms. The molecular formula is C38H50N2O11. The number of likely N-dealkylation sites (tertiary alicyclic amines) is 1. The van der Waals surface area contributed by atoms with Gasteiger partial charge in [-0.05, 0) is 43.9 Å². The molecule has 5 aliphatic carbocycles. The van der Waals surface area contributed by atoms with Gasteiger partial charge in [0.15, 0.2) is 0 Å². The molecule has 7 unspecified atom stereocenters. The number of nitrogens with zero attached hydrogens (tertiary/aromatic N) is 2. The highest BCUT2D eigenvalue weighted by Gasteiger charge is 2.92. The fourth-order valence-electron chi connectivity index (χ4n) is 13.2. The number of anilines is 1. The number of fused-ring (bicyclic) bond motifs is 2. The second kappa shape index (κ2) is 11.8. The number of carbonyl (C=O) groups is 4. The van der Waals surface area contributed by atoms with Crippen molar-refractivity contribution >= 4 is 29.4 Å². The molecular weight excluding hydrogens is 660 g/mol. The van der Waals surface area contributed by atoms with Crippen molar-refractivity contribution in [2.24, 2.45) is 40.4 Å². The van der Waals surface area contributed by atoms with Crippen molar-refractivity contribution in [2.75, 3.05) is 45.9 Å². The van der Waals surface area contributed by atoms with E-state index < -0.39 is 76.1 Å². The molecule has 5 saturated carbocycles. The first-order valence-corrected chi connectivity index (χ1v) is 18.4. The van der Waals surface area contributed by atoms with Gasteiger partial charge in [-0.2, -0.15) is 0 Å². The first-order chi connectivity index (χ1) is 24.3. The smallest absolute Gasteiger partial charge is 0.340 e. The van der Waals surface area contributed by atoms with Crippen LogP contribution >= 0.6 is 0 Å². The number of hydrogen-bond acceptors (Lipinski definition) is 12. The summed E-state index contributed by atoms with van der Waals surface area (Å²) in [4.78, 5) is 55.9. The molecule has 51 heavy (non-hydrogen) atoms. The summed E-state index contributed by atoms with van der Waals surface area (Å²) >= 11 is 0. The predicted octanol–water partition coefficient (Wildman–Crippen LogP) is 1.95. The molecule has 2 aliphatic heterocycles. The molecule has 2 heterocycles. The number of benzene rings is 1. The van der Waals surface area contributed by atoms with Crippen molar-refractivity contribution in [3.05, 3.63) is 29.8 Å². The van der Waals surface area contributed by atoms with E-state index in [0.717, 1.165) is 4.90 Å². The Balaban J connectivity index is 1.24. The lowest BCUT2D eigenvalue weighted by Gasteiger charge is -2.70. The SMILES string of the molecule is CCN1C[C@]2(COC(=O)c3ccccc3N3C(=O)CC(C)C3=O)CC[C@H](OC)[C@@]34C5C[C@H]6C(OC(C)=O)C5[C@](O)(C[C@@H]6OC)[C@](O)(C(OC)C23)C14. The van der Waals surface area contributed by atoms with Gasteiger partial charge in [-0.15, -0.1) is 0 Å². The van der Waals surface area contributed by atoms with Crippen molar-refractivity contribution in [3.63, 3.8) is 0 Å². The number of methoxy groups -OCH3 is 3. The van der Waals surface area contributed by atoms with E-state index in [0.29, 0.717) is 32.4 Å². The predicted molar refractivity (Wildman–Crippen MR) is 179 cm³/mol. The Morgan fingerprint density at radius 1 is 1.06 bits per heavy atom. The molecule has 2 amide bonds. The van der Waals surface area contributed by atoms with E-state index in [9.17, 15) is 29.4 Å². The molecule has 13 heteroatoms. The average molecular weight is 711 g/mol. The summed E-state index contributed by atoms with van der Waals surface area (Å²) in [5, 5.41) is 26.7. The molecule has 1 aromatic rings. The number of rotatable bonds is 9. The molecule has 7 aliphatic rings. The summed E-state index contributed by atoms with van der Waals surface area (Å²) in [6, 6.07) is 5.95. The zero-order chi connectivity index (χ0) is 36.4. The molecule has 2 N–H and O–H groups in total. The molecule has 2 saturated heterocycles. The van der Waals surface area contributed by atoms with Crippen LogP contribution in [0, 0.1) is 40.4 Å². The Kier molecular flexibility index (Phi) is 8.11. The lowest BCUT2D eigenvalue weighted by molar-refractivity contribution is -0.319. The van der Waals surface area contributed by atoms with Crippen LogP contribution in [0.15, 0.2) is 24.3 Å². The highest BCUT2D eigenvalue weighted by molar-refractivity contribution is 6.22. The third-order valence-corrected chi connectivity index (χ3v) is 14.6. The molecule has 7 fully saturated rings. The van der Waals surface area contributed by atoms with Crippen LogP contribution in [0.25, 0.3) is 0 Å². The first kappa shape index (κ1) is 35.1. The van der Waals surface area contributed by atoms with Gasteiger partial charge in [-0.25, -0.2) is 9.69 Å². The number of piperidine rings is 1. The Morgan fingerprint density at radius 3 is 2.43 bits per heavy atom.